The number of rotatable bonds is 0. The fraction of sp³-hybridized carbons (Fsp3) is 0.533. The van der Waals surface area contributed by atoms with Gasteiger partial charge in [-0.3, -0.25) is 4.79 Å². The molecule has 0 aliphatic heterocycles. The Kier molecular flexibility index (Phi) is 3.19. The molecule has 92 valence electrons. The minimum absolute atomic E-state index is 0.126. The first kappa shape index (κ1) is 12.8. The molecule has 0 unspecified atom stereocenters. The Morgan fingerprint density at radius 2 is 1.94 bits per heavy atom. The molecule has 0 atom stereocenters. The lowest BCUT2D eigenvalue weighted by atomic mass is 9.84. The molecular formula is C15H19BrO. The van der Waals surface area contributed by atoms with Crippen LogP contribution in [0.3, 0.4) is 0 Å². The maximum atomic E-state index is 12.4. The van der Waals surface area contributed by atoms with Crippen LogP contribution in [0.2, 0.25) is 0 Å². The van der Waals surface area contributed by atoms with Gasteiger partial charge in [-0.25, -0.2) is 0 Å². The number of fused-ring (bicyclic) bond motifs is 1. The molecule has 0 radical (unpaired) electrons. The number of carbonyl (C=O) groups is 1. The van der Waals surface area contributed by atoms with Crippen LogP contribution in [0.1, 0.15) is 53.7 Å². The lowest BCUT2D eigenvalue weighted by Gasteiger charge is -2.20. The van der Waals surface area contributed by atoms with Gasteiger partial charge in [0.05, 0.1) is 0 Å². The highest BCUT2D eigenvalue weighted by Gasteiger charge is 2.30. The lowest BCUT2D eigenvalue weighted by Crippen LogP contribution is -2.15. The summed E-state index contributed by atoms with van der Waals surface area (Å²) in [5.74, 6) is 0.310. The Morgan fingerprint density at radius 1 is 1.29 bits per heavy atom. The largest absolute Gasteiger partial charge is 0.294 e. The van der Waals surface area contributed by atoms with Gasteiger partial charge in [0, 0.05) is 16.5 Å². The van der Waals surface area contributed by atoms with Gasteiger partial charge in [0.1, 0.15) is 0 Å². The zero-order chi connectivity index (χ0) is 12.8. The molecule has 1 nitrogen and oxygen atoms in total. The number of benzene rings is 1. The van der Waals surface area contributed by atoms with Crippen molar-refractivity contribution >= 4 is 21.7 Å². The van der Waals surface area contributed by atoms with E-state index in [4.69, 9.17) is 0 Å². The highest BCUT2D eigenvalue weighted by atomic mass is 79.9. The molecule has 0 bridgehead atoms. The van der Waals surface area contributed by atoms with E-state index < -0.39 is 0 Å². The van der Waals surface area contributed by atoms with E-state index in [1.807, 2.05) is 6.92 Å². The predicted octanol–water partition coefficient (Wildman–Crippen LogP) is 4.61. The Hall–Kier alpha value is -0.630. The lowest BCUT2D eigenvalue weighted by molar-refractivity contribution is 0.0933. The molecule has 0 aromatic heterocycles. The minimum Gasteiger partial charge on any atom is -0.294 e. The third-order valence-electron chi connectivity index (χ3n) is 3.82. The van der Waals surface area contributed by atoms with E-state index in [9.17, 15) is 4.79 Å². The van der Waals surface area contributed by atoms with Crippen LogP contribution in [0.5, 0.6) is 0 Å². The van der Waals surface area contributed by atoms with Crippen molar-refractivity contribution in [3.63, 3.8) is 0 Å². The first-order valence-electron chi connectivity index (χ1n) is 6.13. The molecule has 1 aliphatic rings. The normalized spacial score (nSPS) is 18.8. The van der Waals surface area contributed by atoms with Gasteiger partial charge in [-0.05, 0) is 54.9 Å². The number of carbonyl (C=O) groups excluding carboxylic acids is 1. The molecule has 0 heterocycles. The quantitative estimate of drug-likeness (QED) is 0.639. The summed E-state index contributed by atoms with van der Waals surface area (Å²) in [7, 11) is 0. The van der Waals surface area contributed by atoms with Crippen LogP contribution in [0, 0.1) is 19.3 Å². The molecule has 0 saturated carbocycles. The highest BCUT2D eigenvalue weighted by molar-refractivity contribution is 9.10. The van der Waals surface area contributed by atoms with Crippen molar-refractivity contribution in [2.75, 3.05) is 0 Å². The van der Waals surface area contributed by atoms with Gasteiger partial charge in [-0.1, -0.05) is 29.8 Å². The van der Waals surface area contributed by atoms with E-state index in [1.165, 1.54) is 11.1 Å². The molecule has 1 aliphatic carbocycles. The van der Waals surface area contributed by atoms with Gasteiger partial charge in [0.2, 0.25) is 0 Å². The first-order chi connectivity index (χ1) is 7.82. The second-order valence-electron chi connectivity index (χ2n) is 5.92. The smallest absolute Gasteiger partial charge is 0.164 e. The fourth-order valence-electron chi connectivity index (χ4n) is 2.70. The molecule has 1 aromatic rings. The van der Waals surface area contributed by atoms with E-state index >= 15 is 0 Å². The Labute approximate surface area is 112 Å². The van der Waals surface area contributed by atoms with E-state index in [0.717, 1.165) is 28.4 Å². The van der Waals surface area contributed by atoms with Crippen LogP contribution >= 0.6 is 15.9 Å². The van der Waals surface area contributed by atoms with Crippen molar-refractivity contribution < 1.29 is 4.79 Å². The average molecular weight is 295 g/mol. The van der Waals surface area contributed by atoms with Gasteiger partial charge >= 0.3 is 0 Å². The maximum absolute atomic E-state index is 12.4. The molecule has 1 aromatic carbocycles. The maximum Gasteiger partial charge on any atom is 0.164 e. The summed E-state index contributed by atoms with van der Waals surface area (Å²) >= 11 is 3.55. The zero-order valence-electron chi connectivity index (χ0n) is 11.0. The Morgan fingerprint density at radius 3 is 2.59 bits per heavy atom. The minimum atomic E-state index is 0.126. The number of halogens is 1. The molecule has 0 N–H and O–H groups in total. The number of ketones is 1. The molecule has 0 spiro atoms. The Bertz CT molecular complexity index is 486. The molecule has 0 saturated heterocycles. The van der Waals surface area contributed by atoms with E-state index in [0.29, 0.717) is 12.2 Å². The number of hydrogen-bond donors (Lipinski definition) is 0. The van der Waals surface area contributed by atoms with Crippen LogP contribution in [0.25, 0.3) is 0 Å². The summed E-state index contributed by atoms with van der Waals surface area (Å²) in [5.41, 5.74) is 4.71. The van der Waals surface area contributed by atoms with Gasteiger partial charge in [0.15, 0.2) is 5.78 Å². The standard InChI is InChI=1S/C15H19BrO/c1-9-7-12(16)10(2)14-11(9)5-6-15(3,4)8-13(14)17/h7H,5-6,8H2,1-4H3. The van der Waals surface area contributed by atoms with Crippen molar-refractivity contribution in [3.05, 3.63) is 32.8 Å². The van der Waals surface area contributed by atoms with Crippen LogP contribution in [0.15, 0.2) is 10.5 Å². The monoisotopic (exact) mass is 294 g/mol. The SMILES string of the molecule is Cc1cc(Br)c(C)c2c1CCC(C)(C)CC2=O. The third-order valence-corrected chi connectivity index (χ3v) is 4.65. The van der Waals surface area contributed by atoms with Crippen molar-refractivity contribution in [3.8, 4) is 0 Å². The van der Waals surface area contributed by atoms with Crippen LogP contribution in [0.4, 0.5) is 0 Å². The number of hydrogen-bond acceptors (Lipinski definition) is 1. The van der Waals surface area contributed by atoms with E-state index in [2.05, 4.69) is 42.8 Å². The highest BCUT2D eigenvalue weighted by Crippen LogP contribution is 2.37. The van der Waals surface area contributed by atoms with Crippen LogP contribution in [-0.4, -0.2) is 5.78 Å². The van der Waals surface area contributed by atoms with Gasteiger partial charge in [-0.2, -0.15) is 0 Å². The van der Waals surface area contributed by atoms with E-state index in [1.54, 1.807) is 0 Å². The molecular weight excluding hydrogens is 276 g/mol. The predicted molar refractivity (Wildman–Crippen MR) is 74.7 cm³/mol. The zero-order valence-corrected chi connectivity index (χ0v) is 12.6. The van der Waals surface area contributed by atoms with E-state index in [-0.39, 0.29) is 5.41 Å². The van der Waals surface area contributed by atoms with Crippen molar-refractivity contribution in [2.24, 2.45) is 5.41 Å². The first-order valence-corrected chi connectivity index (χ1v) is 6.93. The summed E-state index contributed by atoms with van der Waals surface area (Å²) in [5, 5.41) is 0. The van der Waals surface area contributed by atoms with Gasteiger partial charge < -0.3 is 0 Å². The fourth-order valence-corrected chi connectivity index (χ4v) is 3.24. The summed E-state index contributed by atoms with van der Waals surface area (Å²) in [4.78, 5) is 12.4. The topological polar surface area (TPSA) is 17.1 Å². The Balaban J connectivity index is 2.63. The summed E-state index contributed by atoms with van der Waals surface area (Å²) in [6.07, 6.45) is 2.78. The summed E-state index contributed by atoms with van der Waals surface area (Å²) in [6, 6.07) is 2.14. The second kappa shape index (κ2) is 4.24. The van der Waals surface area contributed by atoms with Crippen LogP contribution < -0.4 is 0 Å². The molecule has 2 rings (SSSR count). The van der Waals surface area contributed by atoms with Crippen LogP contribution in [-0.2, 0) is 6.42 Å². The number of aryl methyl sites for hydroxylation is 1. The second-order valence-corrected chi connectivity index (χ2v) is 6.77. The summed E-state index contributed by atoms with van der Waals surface area (Å²) in [6.45, 7) is 8.53. The van der Waals surface area contributed by atoms with Gasteiger partial charge in [-0.15, -0.1) is 0 Å². The third kappa shape index (κ3) is 2.33. The number of Topliss-reactive ketones (excluding diaryl/α,β-unsaturated/α-hetero) is 1. The molecule has 17 heavy (non-hydrogen) atoms. The van der Waals surface area contributed by atoms with Crippen molar-refractivity contribution in [1.82, 2.24) is 0 Å². The summed E-state index contributed by atoms with van der Waals surface area (Å²) < 4.78 is 1.06. The molecule has 0 fully saturated rings. The van der Waals surface area contributed by atoms with Crippen molar-refractivity contribution in [2.45, 2.75) is 47.0 Å². The average Bonchev–Trinajstić information content (AvgIpc) is 2.31. The van der Waals surface area contributed by atoms with Crippen molar-refractivity contribution in [1.29, 1.82) is 0 Å². The molecule has 2 heteroatoms. The molecule has 0 amide bonds. The van der Waals surface area contributed by atoms with Gasteiger partial charge in [0.25, 0.3) is 0 Å².